The number of anilines is 1. The number of hydrogen-bond acceptors (Lipinski definition) is 3. The number of thiophene rings is 1. The van der Waals surface area contributed by atoms with E-state index in [4.69, 9.17) is 5.73 Å². The molecule has 0 atom stereocenters. The van der Waals surface area contributed by atoms with E-state index in [-0.39, 0.29) is 0 Å². The van der Waals surface area contributed by atoms with E-state index in [9.17, 15) is 0 Å². The van der Waals surface area contributed by atoms with Crippen LogP contribution in [-0.2, 0) is 5.75 Å². The highest BCUT2D eigenvalue weighted by atomic mass is 79.9. The zero-order valence-electron chi connectivity index (χ0n) is 7.94. The fourth-order valence-electron chi connectivity index (χ4n) is 1.18. The molecule has 0 spiro atoms. The first kappa shape index (κ1) is 11.0. The summed E-state index contributed by atoms with van der Waals surface area (Å²) >= 11 is 7.00. The molecule has 0 unspecified atom stereocenters. The van der Waals surface area contributed by atoms with E-state index in [0.717, 1.165) is 15.9 Å². The molecular weight excluding hydrogens is 290 g/mol. The van der Waals surface area contributed by atoms with Crippen molar-refractivity contribution in [1.29, 1.82) is 0 Å². The number of rotatable bonds is 3. The maximum absolute atomic E-state index is 5.82. The standard InChI is InChI=1S/C11H10BrNS2/c12-9-4-3-8(6-10(9)13)7-15-11-2-1-5-14-11/h1-6H,7,13H2. The Labute approximate surface area is 106 Å². The first-order valence-corrected chi connectivity index (χ1v) is 7.12. The van der Waals surface area contributed by atoms with Crippen LogP contribution in [0.2, 0.25) is 0 Å². The second-order valence-corrected chi connectivity index (χ2v) is 6.15. The monoisotopic (exact) mass is 299 g/mol. The molecule has 2 N–H and O–H groups in total. The van der Waals surface area contributed by atoms with Crippen molar-refractivity contribution in [2.75, 3.05) is 5.73 Å². The summed E-state index contributed by atoms with van der Waals surface area (Å²) in [5.74, 6) is 0.970. The lowest BCUT2D eigenvalue weighted by Gasteiger charge is -2.03. The smallest absolute Gasteiger partial charge is 0.0601 e. The molecule has 0 amide bonds. The molecule has 15 heavy (non-hydrogen) atoms. The fourth-order valence-corrected chi connectivity index (χ4v) is 3.16. The van der Waals surface area contributed by atoms with E-state index in [1.807, 2.05) is 23.9 Å². The lowest BCUT2D eigenvalue weighted by Crippen LogP contribution is -1.88. The molecule has 0 fully saturated rings. The van der Waals surface area contributed by atoms with Crippen molar-refractivity contribution < 1.29 is 0 Å². The Morgan fingerprint density at radius 2 is 2.20 bits per heavy atom. The molecule has 1 heterocycles. The molecule has 2 aromatic rings. The van der Waals surface area contributed by atoms with Crippen LogP contribution in [0.15, 0.2) is 44.4 Å². The largest absolute Gasteiger partial charge is 0.398 e. The van der Waals surface area contributed by atoms with Gasteiger partial charge in [0.15, 0.2) is 0 Å². The van der Waals surface area contributed by atoms with Crippen LogP contribution in [0.4, 0.5) is 5.69 Å². The summed E-state index contributed by atoms with van der Waals surface area (Å²) in [5, 5.41) is 2.10. The normalized spacial score (nSPS) is 10.5. The molecule has 0 saturated heterocycles. The van der Waals surface area contributed by atoms with Crippen LogP contribution < -0.4 is 5.73 Å². The number of nitrogens with two attached hydrogens (primary N) is 1. The summed E-state index contributed by atoms with van der Waals surface area (Å²) in [4.78, 5) is 0. The molecule has 1 nitrogen and oxygen atoms in total. The van der Waals surface area contributed by atoms with Crippen LogP contribution in [0.3, 0.4) is 0 Å². The van der Waals surface area contributed by atoms with Crippen LogP contribution in [0, 0.1) is 0 Å². The quantitative estimate of drug-likeness (QED) is 0.672. The van der Waals surface area contributed by atoms with Crippen LogP contribution in [0.5, 0.6) is 0 Å². The van der Waals surface area contributed by atoms with E-state index in [2.05, 4.69) is 39.5 Å². The Morgan fingerprint density at radius 3 is 2.87 bits per heavy atom. The number of halogens is 1. The van der Waals surface area contributed by atoms with Crippen molar-refractivity contribution in [3.63, 3.8) is 0 Å². The predicted molar refractivity (Wildman–Crippen MR) is 72.4 cm³/mol. The molecule has 4 heteroatoms. The Balaban J connectivity index is 2.02. The van der Waals surface area contributed by atoms with Gasteiger partial charge >= 0.3 is 0 Å². The highest BCUT2D eigenvalue weighted by Gasteiger charge is 2.00. The van der Waals surface area contributed by atoms with Gasteiger partial charge in [-0.1, -0.05) is 12.1 Å². The highest BCUT2D eigenvalue weighted by Crippen LogP contribution is 2.29. The zero-order chi connectivity index (χ0) is 10.7. The summed E-state index contributed by atoms with van der Waals surface area (Å²) in [6.45, 7) is 0. The Kier molecular flexibility index (Phi) is 3.72. The van der Waals surface area contributed by atoms with Crippen LogP contribution >= 0.6 is 39.0 Å². The molecule has 78 valence electrons. The Morgan fingerprint density at radius 1 is 1.33 bits per heavy atom. The molecule has 2 rings (SSSR count). The minimum atomic E-state index is 0.805. The average Bonchev–Trinajstić information content (AvgIpc) is 2.73. The van der Waals surface area contributed by atoms with E-state index in [1.54, 1.807) is 11.3 Å². The molecule has 0 bridgehead atoms. The van der Waals surface area contributed by atoms with Gasteiger partial charge in [0.2, 0.25) is 0 Å². The molecule has 0 aliphatic heterocycles. The third kappa shape index (κ3) is 3.00. The molecule has 0 aliphatic rings. The van der Waals surface area contributed by atoms with Crippen LogP contribution in [-0.4, -0.2) is 0 Å². The number of benzene rings is 1. The van der Waals surface area contributed by atoms with Gasteiger partial charge in [-0.2, -0.15) is 0 Å². The van der Waals surface area contributed by atoms with Crippen LogP contribution in [0.25, 0.3) is 0 Å². The fraction of sp³-hybridized carbons (Fsp3) is 0.0909. The molecule has 1 aromatic heterocycles. The van der Waals surface area contributed by atoms with Crippen molar-refractivity contribution in [2.24, 2.45) is 0 Å². The second kappa shape index (κ2) is 5.05. The molecule has 0 radical (unpaired) electrons. The predicted octanol–water partition coefficient (Wildman–Crippen LogP) is 4.39. The molecular formula is C11H10BrNS2. The van der Waals surface area contributed by atoms with Crippen molar-refractivity contribution in [3.05, 3.63) is 45.7 Å². The lowest BCUT2D eigenvalue weighted by atomic mass is 10.2. The van der Waals surface area contributed by atoms with Gasteiger partial charge < -0.3 is 5.73 Å². The summed E-state index contributed by atoms with van der Waals surface area (Å²) in [7, 11) is 0. The van der Waals surface area contributed by atoms with E-state index < -0.39 is 0 Å². The summed E-state index contributed by atoms with van der Waals surface area (Å²) in [6.07, 6.45) is 0. The summed E-state index contributed by atoms with van der Waals surface area (Å²) < 4.78 is 2.31. The summed E-state index contributed by atoms with van der Waals surface area (Å²) in [5.41, 5.74) is 7.88. The summed E-state index contributed by atoms with van der Waals surface area (Å²) in [6, 6.07) is 10.3. The maximum atomic E-state index is 5.82. The highest BCUT2D eigenvalue weighted by molar-refractivity contribution is 9.10. The zero-order valence-corrected chi connectivity index (χ0v) is 11.2. The number of thioether (sulfide) groups is 1. The van der Waals surface area contributed by atoms with Crippen molar-refractivity contribution >= 4 is 44.7 Å². The van der Waals surface area contributed by atoms with Crippen molar-refractivity contribution in [3.8, 4) is 0 Å². The maximum Gasteiger partial charge on any atom is 0.0601 e. The van der Waals surface area contributed by atoms with Gasteiger partial charge in [0, 0.05) is 15.9 Å². The van der Waals surface area contributed by atoms with Gasteiger partial charge in [0.25, 0.3) is 0 Å². The Hall–Kier alpha value is -0.450. The van der Waals surface area contributed by atoms with Gasteiger partial charge in [-0.05, 0) is 45.1 Å². The van der Waals surface area contributed by atoms with Gasteiger partial charge in [0.1, 0.15) is 0 Å². The topological polar surface area (TPSA) is 26.0 Å². The third-order valence-electron chi connectivity index (χ3n) is 1.94. The first-order valence-electron chi connectivity index (χ1n) is 4.46. The van der Waals surface area contributed by atoms with E-state index >= 15 is 0 Å². The lowest BCUT2D eigenvalue weighted by molar-refractivity contribution is 1.40. The van der Waals surface area contributed by atoms with Crippen molar-refractivity contribution in [2.45, 2.75) is 9.96 Å². The van der Waals surface area contributed by atoms with E-state index in [0.29, 0.717) is 0 Å². The van der Waals surface area contributed by atoms with Gasteiger partial charge in [-0.3, -0.25) is 0 Å². The minimum Gasteiger partial charge on any atom is -0.398 e. The minimum absolute atomic E-state index is 0.805. The van der Waals surface area contributed by atoms with Gasteiger partial charge in [-0.25, -0.2) is 0 Å². The van der Waals surface area contributed by atoms with Crippen LogP contribution in [0.1, 0.15) is 5.56 Å². The molecule has 1 aromatic carbocycles. The number of hydrogen-bond donors (Lipinski definition) is 1. The number of nitrogen functional groups attached to an aromatic ring is 1. The van der Waals surface area contributed by atoms with Gasteiger partial charge in [-0.15, -0.1) is 23.1 Å². The van der Waals surface area contributed by atoms with Gasteiger partial charge in [0.05, 0.1) is 4.21 Å². The Bertz CT molecular complexity index is 440. The molecule has 0 aliphatic carbocycles. The second-order valence-electron chi connectivity index (χ2n) is 3.08. The first-order chi connectivity index (χ1) is 7.25. The molecule has 0 saturated carbocycles. The van der Waals surface area contributed by atoms with Crippen molar-refractivity contribution in [1.82, 2.24) is 0 Å². The average molecular weight is 300 g/mol. The van der Waals surface area contributed by atoms with E-state index in [1.165, 1.54) is 9.77 Å². The SMILES string of the molecule is Nc1cc(CSc2cccs2)ccc1Br. The third-order valence-corrected chi connectivity index (χ3v) is 4.86.